The Morgan fingerprint density at radius 2 is 0.938 bits per heavy atom. The highest BCUT2D eigenvalue weighted by molar-refractivity contribution is 5.84. The Hall–Kier alpha value is -4.15. The van der Waals surface area contributed by atoms with E-state index in [0.29, 0.717) is 38.9 Å². The third kappa shape index (κ3) is 62.1. The second-order valence-electron chi connectivity index (χ2n) is 17.0. The van der Waals surface area contributed by atoms with E-state index in [9.17, 15) is 33.6 Å². The summed E-state index contributed by atoms with van der Waals surface area (Å²) in [6.45, 7) is 32.5. The molecule has 1 heterocycles. The van der Waals surface area contributed by atoms with Gasteiger partial charge in [0.25, 0.3) is 5.91 Å². The monoisotopic (exact) mass is 927 g/mol. The van der Waals surface area contributed by atoms with Gasteiger partial charge in [0.1, 0.15) is 12.2 Å². The molecule has 0 saturated carbocycles. The molecule has 1 aliphatic heterocycles. The topological polar surface area (TPSA) is 340 Å². The number of β-amino-alcohol motifs (C(OH)–C–C–N with tert-alkyl or cyclic N) is 1. The molecule has 0 bridgehead atoms. The summed E-state index contributed by atoms with van der Waals surface area (Å²) >= 11 is 0. The van der Waals surface area contributed by atoms with Crippen molar-refractivity contribution in [3.05, 3.63) is 0 Å². The smallest absolute Gasteiger partial charge is 0.317 e. The maximum absolute atomic E-state index is 11.3. The van der Waals surface area contributed by atoms with Gasteiger partial charge in [0.05, 0.1) is 19.3 Å². The molecule has 0 aromatic heterocycles. The standard InChI is InChI=1S/C8H16N2O2.C7H15NO2.C6H14N2O.C6H13NO2.C6H13NO.C5H12N2O.C5H11NO2/c1-6(2)9-8(12)10-4-3-7(11)5-10;1-5(2)8-6(9)7(3,4)10;1-5(2)8-6(9)3-4-7;1-5(2)7-6(9)3-4-8;1-4-6(8)7-5(2)3;1-4(2)7-5(8)3-6;1-4(2)6-5(8)3-7/h6-7,11H,3-5H2,1-2H3,(H,9,12);5,10H,1-4H3,(H,8,9);5H,3-4,7H2,1-2H3,(H,8,9);5,8H,3-4H2,1-2H3,(H,7,9);5H,4H2,1-3H3,(H,7,8);4H,3,6H2,1-2H3,(H,7,8);4,7H,3H2,1-2H3,(H,6,8). The molecule has 21 heteroatoms. The number of aliphatic hydroxyl groups is 4. The molecule has 1 rings (SSSR count). The van der Waals surface area contributed by atoms with Crippen LogP contribution in [0.2, 0.25) is 0 Å². The lowest BCUT2D eigenvalue weighted by Crippen LogP contribution is -2.44. The lowest BCUT2D eigenvalue weighted by molar-refractivity contribution is -0.137. The molecule has 0 aromatic rings. The number of likely N-dealkylation sites (tertiary alicyclic amines) is 1. The van der Waals surface area contributed by atoms with Gasteiger partial charge in [0.2, 0.25) is 29.5 Å². The molecule has 0 spiro atoms. The highest BCUT2D eigenvalue weighted by Crippen LogP contribution is 2.08. The van der Waals surface area contributed by atoms with Crippen LogP contribution in [0.15, 0.2) is 0 Å². The summed E-state index contributed by atoms with van der Waals surface area (Å²) in [5, 5.41) is 53.4. The van der Waals surface area contributed by atoms with Crippen molar-refractivity contribution in [2.75, 3.05) is 39.4 Å². The van der Waals surface area contributed by atoms with Crippen molar-refractivity contribution >= 4 is 41.5 Å². The van der Waals surface area contributed by atoms with Crippen molar-refractivity contribution in [1.82, 2.24) is 42.1 Å². The number of carbonyl (C=O) groups is 7. The third-order valence-corrected chi connectivity index (χ3v) is 6.45. The molecule has 1 fully saturated rings. The molecule has 8 amide bonds. The number of aliphatic hydroxyl groups excluding tert-OH is 3. The van der Waals surface area contributed by atoms with E-state index in [1.165, 1.54) is 13.8 Å². The zero-order valence-corrected chi connectivity index (χ0v) is 42.4. The Morgan fingerprint density at radius 3 is 1.16 bits per heavy atom. The van der Waals surface area contributed by atoms with E-state index in [2.05, 4.69) is 37.2 Å². The fourth-order valence-electron chi connectivity index (χ4n) is 3.90. The predicted molar refractivity (Wildman–Crippen MR) is 254 cm³/mol. The molecule has 1 aliphatic rings. The van der Waals surface area contributed by atoms with Gasteiger partial charge in [-0.05, 0) is 117 Å². The van der Waals surface area contributed by atoms with E-state index in [1.807, 2.05) is 104 Å². The molecule has 1 unspecified atom stereocenters. The van der Waals surface area contributed by atoms with E-state index in [0.717, 1.165) is 0 Å². The van der Waals surface area contributed by atoms with Crippen molar-refractivity contribution in [2.24, 2.45) is 11.5 Å². The summed E-state index contributed by atoms with van der Waals surface area (Å²) in [4.78, 5) is 76.3. The summed E-state index contributed by atoms with van der Waals surface area (Å²) in [5.41, 5.74) is 8.89. The second kappa shape index (κ2) is 44.1. The van der Waals surface area contributed by atoms with Crippen molar-refractivity contribution in [3.63, 3.8) is 0 Å². The zero-order valence-electron chi connectivity index (χ0n) is 42.4. The number of urea groups is 1. The van der Waals surface area contributed by atoms with Gasteiger partial charge in [0, 0.05) is 81.2 Å². The number of rotatable bonds is 15. The minimum atomic E-state index is -1.26. The Bertz CT molecular complexity index is 1150. The highest BCUT2D eigenvalue weighted by atomic mass is 16.3. The normalized spacial score (nSPS) is 12.5. The summed E-state index contributed by atoms with van der Waals surface area (Å²) in [6, 6.07) is 1.17. The number of carbonyl (C=O) groups excluding carboxylic acids is 7. The van der Waals surface area contributed by atoms with Gasteiger partial charge in [-0.1, -0.05) is 6.92 Å². The second-order valence-corrected chi connectivity index (χ2v) is 17.0. The fourth-order valence-corrected chi connectivity index (χ4v) is 3.90. The molecule has 1 atom stereocenters. The molecule has 0 aromatic carbocycles. The number of nitrogens with one attached hydrogen (secondary N) is 7. The van der Waals surface area contributed by atoms with Gasteiger partial charge in [-0.25, -0.2) is 4.79 Å². The molecule has 64 heavy (non-hydrogen) atoms. The maximum Gasteiger partial charge on any atom is 0.317 e. The van der Waals surface area contributed by atoms with E-state index < -0.39 is 12.2 Å². The van der Waals surface area contributed by atoms with Gasteiger partial charge >= 0.3 is 6.03 Å². The molecule has 1 saturated heterocycles. The first-order valence-corrected chi connectivity index (χ1v) is 22.1. The summed E-state index contributed by atoms with van der Waals surface area (Å²) in [7, 11) is 0. The van der Waals surface area contributed by atoms with Crippen molar-refractivity contribution in [1.29, 1.82) is 0 Å². The van der Waals surface area contributed by atoms with Crippen molar-refractivity contribution < 1.29 is 54.0 Å². The van der Waals surface area contributed by atoms with E-state index in [-0.39, 0.29) is 109 Å². The number of nitrogens with two attached hydrogens (primary N) is 2. The Morgan fingerprint density at radius 1 is 0.578 bits per heavy atom. The summed E-state index contributed by atoms with van der Waals surface area (Å²) in [5.74, 6) is -0.678. The van der Waals surface area contributed by atoms with Crippen LogP contribution in [0.4, 0.5) is 4.79 Å². The maximum atomic E-state index is 11.3. The first kappa shape index (κ1) is 71.5. The van der Waals surface area contributed by atoms with Crippen molar-refractivity contribution in [2.45, 2.75) is 197 Å². The molecule has 21 nitrogen and oxygen atoms in total. The Kier molecular flexibility index (Phi) is 49.2. The van der Waals surface area contributed by atoms with E-state index in [4.69, 9.17) is 31.9 Å². The first-order chi connectivity index (χ1) is 29.2. The quantitative estimate of drug-likeness (QED) is 0.104. The third-order valence-electron chi connectivity index (χ3n) is 6.45. The van der Waals surface area contributed by atoms with Crippen LogP contribution < -0.4 is 48.7 Å². The molecule has 15 N–H and O–H groups in total. The van der Waals surface area contributed by atoms with E-state index in [1.54, 1.807) is 4.90 Å². The van der Waals surface area contributed by atoms with Gasteiger partial charge < -0.3 is 74.0 Å². The minimum absolute atomic E-state index is 0.0347. The Balaban J connectivity index is -0.000000154. The summed E-state index contributed by atoms with van der Waals surface area (Å²) in [6.07, 6.45) is 1.59. The van der Waals surface area contributed by atoms with Gasteiger partial charge in [-0.3, -0.25) is 28.8 Å². The highest BCUT2D eigenvalue weighted by Gasteiger charge is 2.25. The molecule has 0 aliphatic carbocycles. The van der Waals surface area contributed by atoms with Crippen molar-refractivity contribution in [3.8, 4) is 0 Å². The SMILES string of the molecule is CC(C)NC(=O)C(C)(C)O.CC(C)NC(=O)CCN.CC(C)NC(=O)CCO.CC(C)NC(=O)CN.CC(C)NC(=O)CO.CC(C)NC(=O)N1CCC(O)C1.CCC(=O)NC(C)C. The molecular formula is C43H94N10O11. The Labute approximate surface area is 385 Å². The van der Waals surface area contributed by atoms with Crippen LogP contribution in [0, 0.1) is 0 Å². The van der Waals surface area contributed by atoms with Crippen LogP contribution in [-0.4, -0.2) is 160 Å². The van der Waals surface area contributed by atoms with E-state index >= 15 is 0 Å². The van der Waals surface area contributed by atoms with Crippen LogP contribution in [-0.2, 0) is 28.8 Å². The lowest BCUT2D eigenvalue weighted by atomic mass is 10.1. The predicted octanol–water partition coefficient (Wildman–Crippen LogP) is 0.100. The van der Waals surface area contributed by atoms with Crippen LogP contribution in [0.5, 0.6) is 0 Å². The zero-order chi connectivity index (χ0) is 51.8. The molecule has 382 valence electrons. The summed E-state index contributed by atoms with van der Waals surface area (Å²) < 4.78 is 0. The minimum Gasteiger partial charge on any atom is -0.396 e. The average Bonchev–Trinajstić information content (AvgIpc) is 3.57. The van der Waals surface area contributed by atoms with Gasteiger partial charge in [0.15, 0.2) is 0 Å². The largest absolute Gasteiger partial charge is 0.396 e. The fraction of sp³-hybridized carbons (Fsp3) is 0.837. The van der Waals surface area contributed by atoms with Gasteiger partial charge in [-0.15, -0.1) is 0 Å². The molecule has 0 radical (unpaired) electrons. The van der Waals surface area contributed by atoms with Crippen LogP contribution in [0.25, 0.3) is 0 Å². The number of hydrogen-bond acceptors (Lipinski definition) is 13. The first-order valence-electron chi connectivity index (χ1n) is 22.1. The number of nitrogens with zero attached hydrogens (tertiary/aromatic N) is 1. The number of amides is 8. The van der Waals surface area contributed by atoms with Crippen LogP contribution >= 0.6 is 0 Å². The van der Waals surface area contributed by atoms with Gasteiger partial charge in [-0.2, -0.15) is 0 Å². The number of hydrogen-bond donors (Lipinski definition) is 13. The molecular weight excluding hydrogens is 833 g/mol. The lowest BCUT2D eigenvalue weighted by Gasteiger charge is -2.18. The average molecular weight is 927 g/mol. The van der Waals surface area contributed by atoms with Crippen LogP contribution in [0.1, 0.15) is 143 Å². The van der Waals surface area contributed by atoms with Crippen LogP contribution in [0.3, 0.4) is 0 Å².